The number of anilines is 1. The molecule has 2 N–H and O–H groups in total. The molecule has 0 aliphatic heterocycles. The Balaban J connectivity index is 2.04. The molecule has 0 unspecified atom stereocenters. The SMILES string of the molecule is CCOc1cccc(C(=O)NC(=S)Nc2ccc(C(F)(F)F)cc2Cl)c1. The van der Waals surface area contributed by atoms with E-state index in [4.69, 9.17) is 28.6 Å². The van der Waals surface area contributed by atoms with Gasteiger partial charge < -0.3 is 10.1 Å². The number of nitrogens with one attached hydrogen (secondary N) is 2. The molecule has 0 atom stereocenters. The maximum atomic E-state index is 12.6. The van der Waals surface area contributed by atoms with Crippen LogP contribution in [0.4, 0.5) is 18.9 Å². The summed E-state index contributed by atoms with van der Waals surface area (Å²) >= 11 is 10.8. The average Bonchev–Trinajstić information content (AvgIpc) is 2.56. The fraction of sp³-hybridized carbons (Fsp3) is 0.176. The highest BCUT2D eigenvalue weighted by atomic mass is 35.5. The Morgan fingerprint density at radius 2 is 1.96 bits per heavy atom. The molecule has 2 rings (SSSR count). The van der Waals surface area contributed by atoms with Crippen molar-refractivity contribution in [1.82, 2.24) is 5.32 Å². The first-order chi connectivity index (χ1) is 12.2. The fourth-order valence-corrected chi connectivity index (χ4v) is 2.45. The van der Waals surface area contributed by atoms with Crippen LogP contribution in [0.1, 0.15) is 22.8 Å². The molecule has 138 valence electrons. The van der Waals surface area contributed by atoms with Crippen LogP contribution in [0.25, 0.3) is 0 Å². The predicted octanol–water partition coefficient (Wildman–Crippen LogP) is 4.88. The van der Waals surface area contributed by atoms with E-state index in [2.05, 4.69) is 10.6 Å². The topological polar surface area (TPSA) is 50.4 Å². The van der Waals surface area contributed by atoms with Crippen molar-refractivity contribution in [3.8, 4) is 5.75 Å². The van der Waals surface area contributed by atoms with Gasteiger partial charge in [-0.2, -0.15) is 13.2 Å². The van der Waals surface area contributed by atoms with Gasteiger partial charge in [-0.05, 0) is 55.5 Å². The van der Waals surface area contributed by atoms with Gasteiger partial charge in [0.2, 0.25) is 0 Å². The molecule has 4 nitrogen and oxygen atoms in total. The third kappa shape index (κ3) is 5.34. The summed E-state index contributed by atoms with van der Waals surface area (Å²) < 4.78 is 43.2. The molecular formula is C17H14ClF3N2O2S. The number of alkyl halides is 3. The normalized spacial score (nSPS) is 11.0. The second kappa shape index (κ2) is 8.37. The third-order valence-electron chi connectivity index (χ3n) is 3.18. The second-order valence-electron chi connectivity index (χ2n) is 5.06. The molecule has 1 amide bonds. The minimum atomic E-state index is -4.50. The Bertz CT molecular complexity index is 828. The monoisotopic (exact) mass is 402 g/mol. The number of amides is 1. The van der Waals surface area contributed by atoms with Crippen LogP contribution in [0.2, 0.25) is 5.02 Å². The Hall–Kier alpha value is -2.32. The minimum absolute atomic E-state index is 0.0986. The lowest BCUT2D eigenvalue weighted by atomic mass is 10.2. The van der Waals surface area contributed by atoms with Crippen molar-refractivity contribution in [1.29, 1.82) is 0 Å². The minimum Gasteiger partial charge on any atom is -0.494 e. The lowest BCUT2D eigenvalue weighted by molar-refractivity contribution is -0.137. The van der Waals surface area contributed by atoms with Gasteiger partial charge in [0, 0.05) is 5.56 Å². The van der Waals surface area contributed by atoms with Crippen LogP contribution >= 0.6 is 23.8 Å². The van der Waals surface area contributed by atoms with Gasteiger partial charge in [-0.1, -0.05) is 17.7 Å². The zero-order chi connectivity index (χ0) is 19.3. The number of ether oxygens (including phenoxy) is 1. The van der Waals surface area contributed by atoms with Crippen LogP contribution in [-0.2, 0) is 6.18 Å². The second-order valence-corrected chi connectivity index (χ2v) is 5.88. The van der Waals surface area contributed by atoms with Crippen molar-refractivity contribution in [3.05, 3.63) is 58.6 Å². The Kier molecular flexibility index (Phi) is 6.44. The molecule has 9 heteroatoms. The molecule has 0 fully saturated rings. The van der Waals surface area contributed by atoms with E-state index < -0.39 is 17.6 Å². The van der Waals surface area contributed by atoms with E-state index in [1.54, 1.807) is 24.3 Å². The van der Waals surface area contributed by atoms with Crippen LogP contribution in [0.15, 0.2) is 42.5 Å². The highest BCUT2D eigenvalue weighted by Gasteiger charge is 2.30. The lowest BCUT2D eigenvalue weighted by Crippen LogP contribution is -2.34. The quantitative estimate of drug-likeness (QED) is 0.715. The molecule has 26 heavy (non-hydrogen) atoms. The number of thiocarbonyl (C=S) groups is 1. The van der Waals surface area contributed by atoms with Crippen molar-refractivity contribution in [3.63, 3.8) is 0 Å². The molecule has 0 aliphatic rings. The largest absolute Gasteiger partial charge is 0.494 e. The standard InChI is InChI=1S/C17H14ClF3N2O2S/c1-2-25-12-5-3-4-10(8-12)15(24)23-16(26)22-14-7-6-11(9-13(14)18)17(19,20)21/h3-9H,2H2,1H3,(H2,22,23,24,26). The number of carbonyl (C=O) groups excluding carboxylic acids is 1. The highest BCUT2D eigenvalue weighted by Crippen LogP contribution is 2.33. The Morgan fingerprint density at radius 3 is 2.58 bits per heavy atom. The summed E-state index contributed by atoms with van der Waals surface area (Å²) in [5, 5.41) is 4.76. The number of rotatable bonds is 4. The molecule has 0 bridgehead atoms. The number of halogens is 4. The number of benzene rings is 2. The van der Waals surface area contributed by atoms with Crippen LogP contribution in [-0.4, -0.2) is 17.6 Å². The molecule has 2 aromatic carbocycles. The number of hydrogen-bond donors (Lipinski definition) is 2. The van der Waals surface area contributed by atoms with E-state index in [0.29, 0.717) is 17.9 Å². The maximum Gasteiger partial charge on any atom is 0.416 e. The van der Waals surface area contributed by atoms with Gasteiger partial charge >= 0.3 is 6.18 Å². The Labute approximate surface area is 158 Å². The summed E-state index contributed by atoms with van der Waals surface area (Å²) in [5.74, 6) is 0.0388. The van der Waals surface area contributed by atoms with Gasteiger partial charge in [0.05, 0.1) is 22.9 Å². The molecule has 0 aliphatic carbocycles. The van der Waals surface area contributed by atoms with Gasteiger partial charge in [0.25, 0.3) is 5.91 Å². The van der Waals surface area contributed by atoms with E-state index in [1.807, 2.05) is 6.92 Å². The summed E-state index contributed by atoms with van der Waals surface area (Å²) in [7, 11) is 0. The van der Waals surface area contributed by atoms with Crippen LogP contribution in [0, 0.1) is 0 Å². The molecule has 0 saturated carbocycles. The van der Waals surface area contributed by atoms with Gasteiger partial charge in [0.1, 0.15) is 5.75 Å². The zero-order valence-electron chi connectivity index (χ0n) is 13.5. The van der Waals surface area contributed by atoms with Gasteiger partial charge in [-0.25, -0.2) is 0 Å². The van der Waals surface area contributed by atoms with Crippen LogP contribution < -0.4 is 15.4 Å². The first-order valence-corrected chi connectivity index (χ1v) is 8.21. The zero-order valence-corrected chi connectivity index (χ0v) is 15.1. The van der Waals surface area contributed by atoms with Crippen molar-refractivity contribution >= 4 is 40.5 Å². The fourth-order valence-electron chi connectivity index (χ4n) is 2.02. The summed E-state index contributed by atoms with van der Waals surface area (Å²) in [5.41, 5.74) is -0.414. The summed E-state index contributed by atoms with van der Waals surface area (Å²) in [6.07, 6.45) is -4.50. The summed E-state index contributed by atoms with van der Waals surface area (Å²) in [4.78, 5) is 12.2. The van der Waals surface area contributed by atoms with E-state index in [9.17, 15) is 18.0 Å². The molecule has 0 heterocycles. The van der Waals surface area contributed by atoms with Gasteiger partial charge in [-0.3, -0.25) is 10.1 Å². The van der Waals surface area contributed by atoms with Crippen molar-refractivity contribution in [2.45, 2.75) is 13.1 Å². The van der Waals surface area contributed by atoms with E-state index in [-0.39, 0.29) is 15.8 Å². The predicted molar refractivity (Wildman–Crippen MR) is 97.8 cm³/mol. The first kappa shape index (κ1) is 20.0. The molecule has 2 aromatic rings. The molecule has 0 aromatic heterocycles. The highest BCUT2D eigenvalue weighted by molar-refractivity contribution is 7.80. The molecule has 0 spiro atoms. The van der Waals surface area contributed by atoms with E-state index in [0.717, 1.165) is 18.2 Å². The Morgan fingerprint density at radius 1 is 1.23 bits per heavy atom. The van der Waals surface area contributed by atoms with Crippen LogP contribution in [0.5, 0.6) is 5.75 Å². The first-order valence-electron chi connectivity index (χ1n) is 7.42. The molecule has 0 radical (unpaired) electrons. The van der Waals surface area contributed by atoms with E-state index in [1.165, 1.54) is 0 Å². The van der Waals surface area contributed by atoms with Crippen LogP contribution in [0.3, 0.4) is 0 Å². The van der Waals surface area contributed by atoms with Gasteiger partial charge in [-0.15, -0.1) is 0 Å². The molecular weight excluding hydrogens is 389 g/mol. The average molecular weight is 403 g/mol. The number of hydrogen-bond acceptors (Lipinski definition) is 3. The third-order valence-corrected chi connectivity index (χ3v) is 3.70. The lowest BCUT2D eigenvalue weighted by Gasteiger charge is -2.13. The maximum absolute atomic E-state index is 12.6. The summed E-state index contributed by atoms with van der Waals surface area (Å²) in [6, 6.07) is 9.27. The van der Waals surface area contributed by atoms with Crippen molar-refractivity contribution < 1.29 is 22.7 Å². The van der Waals surface area contributed by atoms with Gasteiger partial charge in [0.15, 0.2) is 5.11 Å². The molecule has 0 saturated heterocycles. The summed E-state index contributed by atoms with van der Waals surface area (Å²) in [6.45, 7) is 2.27. The van der Waals surface area contributed by atoms with Crippen molar-refractivity contribution in [2.24, 2.45) is 0 Å². The van der Waals surface area contributed by atoms with Crippen molar-refractivity contribution in [2.75, 3.05) is 11.9 Å². The van der Waals surface area contributed by atoms with E-state index >= 15 is 0 Å². The smallest absolute Gasteiger partial charge is 0.416 e. The number of carbonyl (C=O) groups is 1.